The van der Waals surface area contributed by atoms with Crippen molar-refractivity contribution in [3.8, 4) is 0 Å². The molecule has 6 nitrogen and oxygen atoms in total. The Kier molecular flexibility index (Phi) is 5.05. The number of nitrogens with one attached hydrogen (secondary N) is 1. The first-order chi connectivity index (χ1) is 13.4. The lowest BCUT2D eigenvalue weighted by atomic mass is 9.83. The number of urea groups is 1. The number of nitrogens with zero attached hydrogens (tertiary/aromatic N) is 2. The first-order valence-electron chi connectivity index (χ1n) is 9.45. The molecule has 2 aliphatic rings. The third-order valence-corrected chi connectivity index (χ3v) is 6.19. The molecule has 2 amide bonds. The summed E-state index contributed by atoms with van der Waals surface area (Å²) in [4.78, 5) is 14.3. The first-order valence-corrected chi connectivity index (χ1v) is 9.82. The van der Waals surface area contributed by atoms with E-state index in [1.165, 1.54) is 6.07 Å². The minimum Gasteiger partial charge on any atom is -0.374 e. The van der Waals surface area contributed by atoms with Gasteiger partial charge < -0.3 is 14.2 Å². The zero-order valence-electron chi connectivity index (χ0n) is 15.9. The summed E-state index contributed by atoms with van der Waals surface area (Å²) in [6.07, 6.45) is 2.20. The molecular formula is C20H23ClFN3O3. The smallest absolute Gasteiger partial charge is 0.324 e. The number of halogens is 2. The van der Waals surface area contributed by atoms with E-state index in [1.54, 1.807) is 17.0 Å². The highest BCUT2D eigenvalue weighted by molar-refractivity contribution is 6.30. The Morgan fingerprint density at radius 3 is 2.75 bits per heavy atom. The van der Waals surface area contributed by atoms with Gasteiger partial charge in [0, 0.05) is 29.6 Å². The maximum absolute atomic E-state index is 14.3. The van der Waals surface area contributed by atoms with Gasteiger partial charge in [-0.3, -0.25) is 5.32 Å². The number of anilines is 1. The zero-order valence-corrected chi connectivity index (χ0v) is 16.7. The Labute approximate surface area is 168 Å². The molecule has 2 aromatic rings. The number of ether oxygens (including phenoxy) is 1. The van der Waals surface area contributed by atoms with Crippen molar-refractivity contribution in [1.82, 2.24) is 10.1 Å². The lowest BCUT2D eigenvalue weighted by Crippen LogP contribution is -2.47. The number of hydrogen-bond donors (Lipinski definition) is 1. The van der Waals surface area contributed by atoms with Crippen molar-refractivity contribution in [2.75, 3.05) is 25.0 Å². The van der Waals surface area contributed by atoms with Crippen LogP contribution in [-0.4, -0.2) is 41.4 Å². The average Bonchev–Trinajstić information content (AvgIpc) is 3.21. The van der Waals surface area contributed by atoms with Gasteiger partial charge in [0.25, 0.3) is 0 Å². The van der Waals surface area contributed by atoms with E-state index >= 15 is 0 Å². The van der Waals surface area contributed by atoms with E-state index < -0.39 is 0 Å². The summed E-state index contributed by atoms with van der Waals surface area (Å²) in [6, 6.07) is 4.61. The number of rotatable bonds is 2. The lowest BCUT2D eigenvalue weighted by molar-refractivity contribution is -0.0355. The molecule has 1 spiro atoms. The highest BCUT2D eigenvalue weighted by Crippen LogP contribution is 2.43. The standard InChI is InChI=1S/C20H23ClFN3O3/c1-12-13(2)24-28-18(12)23-19(26)25-7-5-20(6-8-25)10-14(11-27-20)16-4-3-15(21)9-17(16)22/h3-4,9,14H,5-8,10-11H2,1-2H3,(H,23,26). The third-order valence-electron chi connectivity index (χ3n) is 5.95. The van der Waals surface area contributed by atoms with E-state index in [9.17, 15) is 9.18 Å². The Morgan fingerprint density at radius 1 is 1.36 bits per heavy atom. The van der Waals surface area contributed by atoms with Crippen LogP contribution in [0.5, 0.6) is 0 Å². The molecule has 2 fully saturated rings. The Balaban J connectivity index is 1.36. The SMILES string of the molecule is Cc1noc(NC(=O)N2CCC3(CC2)CC(c2ccc(Cl)cc2F)CO3)c1C. The molecule has 2 aliphatic heterocycles. The van der Waals surface area contributed by atoms with Crippen LogP contribution in [0.2, 0.25) is 5.02 Å². The summed E-state index contributed by atoms with van der Waals surface area (Å²) in [5.74, 6) is 0.114. The van der Waals surface area contributed by atoms with Crippen molar-refractivity contribution < 1.29 is 18.4 Å². The van der Waals surface area contributed by atoms with Gasteiger partial charge in [-0.2, -0.15) is 0 Å². The highest BCUT2D eigenvalue weighted by atomic mass is 35.5. The van der Waals surface area contributed by atoms with Gasteiger partial charge in [-0.25, -0.2) is 9.18 Å². The minimum atomic E-state index is -0.299. The van der Waals surface area contributed by atoms with E-state index in [1.807, 2.05) is 13.8 Å². The van der Waals surface area contributed by atoms with Crippen LogP contribution < -0.4 is 5.32 Å². The van der Waals surface area contributed by atoms with Crippen molar-refractivity contribution in [1.29, 1.82) is 0 Å². The molecule has 0 bridgehead atoms. The molecule has 8 heteroatoms. The second kappa shape index (κ2) is 7.37. The van der Waals surface area contributed by atoms with E-state index in [0.717, 1.165) is 30.5 Å². The fourth-order valence-electron chi connectivity index (χ4n) is 4.05. The van der Waals surface area contributed by atoms with Crippen molar-refractivity contribution in [3.05, 3.63) is 45.9 Å². The van der Waals surface area contributed by atoms with Gasteiger partial charge in [-0.15, -0.1) is 0 Å². The highest BCUT2D eigenvalue weighted by Gasteiger charge is 2.44. The summed E-state index contributed by atoms with van der Waals surface area (Å²) in [6.45, 7) is 5.33. The molecule has 1 atom stereocenters. The number of aryl methyl sites for hydroxylation is 1. The maximum atomic E-state index is 14.3. The fourth-order valence-corrected chi connectivity index (χ4v) is 4.21. The van der Waals surface area contributed by atoms with Crippen molar-refractivity contribution in [2.24, 2.45) is 0 Å². The quantitative estimate of drug-likeness (QED) is 0.786. The Hall–Kier alpha value is -2.12. The predicted octanol–water partition coefficient (Wildman–Crippen LogP) is 4.65. The van der Waals surface area contributed by atoms with Gasteiger partial charge in [-0.05, 0) is 50.8 Å². The molecule has 28 heavy (non-hydrogen) atoms. The van der Waals surface area contributed by atoms with Crippen molar-refractivity contribution in [2.45, 2.75) is 44.6 Å². The monoisotopic (exact) mass is 407 g/mol. The number of carbonyl (C=O) groups is 1. The summed E-state index contributed by atoms with van der Waals surface area (Å²) in [5.41, 5.74) is 1.94. The van der Waals surface area contributed by atoms with E-state index in [4.69, 9.17) is 20.9 Å². The largest absolute Gasteiger partial charge is 0.374 e. The van der Waals surface area contributed by atoms with Gasteiger partial charge in [0.1, 0.15) is 5.82 Å². The second-order valence-corrected chi connectivity index (χ2v) is 8.14. The Morgan fingerprint density at radius 2 is 2.11 bits per heavy atom. The van der Waals surface area contributed by atoms with Gasteiger partial charge in [0.05, 0.1) is 17.9 Å². The Bertz CT molecular complexity index is 893. The second-order valence-electron chi connectivity index (χ2n) is 7.70. The maximum Gasteiger partial charge on any atom is 0.324 e. The molecule has 4 rings (SSSR count). The number of amides is 2. The molecule has 1 N–H and O–H groups in total. The van der Waals surface area contributed by atoms with Crippen LogP contribution in [0, 0.1) is 19.7 Å². The summed E-state index contributed by atoms with van der Waals surface area (Å²) >= 11 is 5.86. The number of hydrogen-bond acceptors (Lipinski definition) is 4. The van der Waals surface area contributed by atoms with Gasteiger partial charge >= 0.3 is 6.03 Å². The molecule has 1 unspecified atom stereocenters. The topological polar surface area (TPSA) is 67.6 Å². The third kappa shape index (κ3) is 3.61. The van der Waals surface area contributed by atoms with Crippen LogP contribution >= 0.6 is 11.6 Å². The summed E-state index contributed by atoms with van der Waals surface area (Å²) in [5, 5.41) is 7.03. The van der Waals surface area contributed by atoms with E-state index in [0.29, 0.717) is 36.2 Å². The van der Waals surface area contributed by atoms with Crippen LogP contribution in [0.25, 0.3) is 0 Å². The number of aromatic nitrogens is 1. The van der Waals surface area contributed by atoms with Gasteiger partial charge in [-0.1, -0.05) is 22.8 Å². The number of carbonyl (C=O) groups excluding carboxylic acids is 1. The number of benzene rings is 1. The molecule has 150 valence electrons. The summed E-state index contributed by atoms with van der Waals surface area (Å²) in [7, 11) is 0. The van der Waals surface area contributed by atoms with Crippen molar-refractivity contribution in [3.63, 3.8) is 0 Å². The molecule has 3 heterocycles. The number of likely N-dealkylation sites (tertiary alicyclic amines) is 1. The van der Waals surface area contributed by atoms with E-state index in [-0.39, 0.29) is 23.4 Å². The average molecular weight is 408 g/mol. The van der Waals surface area contributed by atoms with Crippen LogP contribution in [0.4, 0.5) is 15.1 Å². The van der Waals surface area contributed by atoms with E-state index in [2.05, 4.69) is 10.5 Å². The van der Waals surface area contributed by atoms with Gasteiger partial charge in [0.15, 0.2) is 0 Å². The fraction of sp³-hybridized carbons (Fsp3) is 0.500. The summed E-state index contributed by atoms with van der Waals surface area (Å²) < 4.78 is 25.5. The normalized spacial score (nSPS) is 21.3. The van der Waals surface area contributed by atoms with Crippen LogP contribution in [0.1, 0.15) is 42.0 Å². The molecular weight excluding hydrogens is 385 g/mol. The predicted molar refractivity (Wildman–Crippen MR) is 103 cm³/mol. The molecule has 0 radical (unpaired) electrons. The van der Waals surface area contributed by atoms with Gasteiger partial charge in [0.2, 0.25) is 5.88 Å². The van der Waals surface area contributed by atoms with Crippen molar-refractivity contribution >= 4 is 23.5 Å². The molecule has 2 saturated heterocycles. The zero-order chi connectivity index (χ0) is 19.9. The van der Waals surface area contributed by atoms with Crippen LogP contribution in [0.3, 0.4) is 0 Å². The van der Waals surface area contributed by atoms with Crippen LogP contribution in [-0.2, 0) is 4.74 Å². The minimum absolute atomic E-state index is 0.0115. The molecule has 0 saturated carbocycles. The lowest BCUT2D eigenvalue weighted by Gasteiger charge is -2.38. The first kappa shape index (κ1) is 19.2. The van der Waals surface area contributed by atoms with Crippen LogP contribution in [0.15, 0.2) is 22.7 Å². The molecule has 0 aliphatic carbocycles. The number of piperidine rings is 1. The molecule has 1 aromatic heterocycles. The molecule has 1 aromatic carbocycles.